The molecule has 1 aromatic rings. The number of hydrogen-bond acceptors (Lipinski definition) is 6. The fourth-order valence-corrected chi connectivity index (χ4v) is 3.75. The summed E-state index contributed by atoms with van der Waals surface area (Å²) in [4.78, 5) is 13.0. The van der Waals surface area contributed by atoms with E-state index in [2.05, 4.69) is 12.6 Å². The third kappa shape index (κ3) is 3.48. The molecule has 1 aliphatic carbocycles. The topological polar surface area (TPSA) is 94.6 Å². The van der Waals surface area contributed by atoms with Gasteiger partial charge in [0.2, 0.25) is 5.88 Å². The first-order valence-electron chi connectivity index (χ1n) is 9.06. The lowest BCUT2D eigenvalue weighted by Crippen LogP contribution is -2.33. The number of rotatable bonds is 5. The summed E-state index contributed by atoms with van der Waals surface area (Å²) in [7, 11) is 1.54. The highest BCUT2D eigenvalue weighted by atomic mass is 16.5. The van der Waals surface area contributed by atoms with E-state index in [1.807, 2.05) is 19.9 Å². The number of ketones is 1. The number of ether oxygens (including phenoxy) is 3. The number of carbonyl (C=O) groups excluding carboxylic acids is 1. The molecule has 6 heteroatoms. The maximum atomic E-state index is 13.0. The van der Waals surface area contributed by atoms with Gasteiger partial charge in [-0.2, -0.15) is 5.26 Å². The number of benzene rings is 1. The SMILES string of the molecule is C=CCOc1ccc([C@H]2C(C#N)=C(N)OC3=C2C(=O)CC(C)(C)C3)cc1OC. The van der Waals surface area contributed by atoms with E-state index >= 15 is 0 Å². The molecular weight excluding hydrogens is 356 g/mol. The van der Waals surface area contributed by atoms with Crippen molar-refractivity contribution in [3.8, 4) is 17.6 Å². The summed E-state index contributed by atoms with van der Waals surface area (Å²) in [5.74, 6) is 1.05. The molecule has 0 aromatic heterocycles. The van der Waals surface area contributed by atoms with Crippen LogP contribution in [-0.4, -0.2) is 19.5 Å². The van der Waals surface area contributed by atoms with Crippen LogP contribution in [0.25, 0.3) is 0 Å². The summed E-state index contributed by atoms with van der Waals surface area (Å²) in [6.07, 6.45) is 2.62. The van der Waals surface area contributed by atoms with Gasteiger partial charge < -0.3 is 19.9 Å². The summed E-state index contributed by atoms with van der Waals surface area (Å²) < 4.78 is 16.8. The van der Waals surface area contributed by atoms with Gasteiger partial charge in [-0.15, -0.1) is 0 Å². The van der Waals surface area contributed by atoms with Crippen LogP contribution in [0.3, 0.4) is 0 Å². The van der Waals surface area contributed by atoms with E-state index in [9.17, 15) is 10.1 Å². The minimum atomic E-state index is -0.584. The molecule has 2 aliphatic rings. The van der Waals surface area contributed by atoms with E-state index in [0.29, 0.717) is 42.3 Å². The summed E-state index contributed by atoms with van der Waals surface area (Å²) in [6, 6.07) is 7.47. The van der Waals surface area contributed by atoms with Crippen LogP contribution in [0, 0.1) is 16.7 Å². The van der Waals surface area contributed by atoms with Gasteiger partial charge in [-0.05, 0) is 23.1 Å². The monoisotopic (exact) mass is 380 g/mol. The molecule has 0 radical (unpaired) electrons. The molecule has 0 bridgehead atoms. The summed E-state index contributed by atoms with van der Waals surface area (Å²) in [6.45, 7) is 8.01. The molecule has 3 rings (SSSR count). The molecule has 1 heterocycles. The lowest BCUT2D eigenvalue weighted by Gasteiger charge is -2.37. The zero-order valence-corrected chi connectivity index (χ0v) is 16.4. The number of allylic oxidation sites excluding steroid dienone is 3. The second-order valence-electron chi connectivity index (χ2n) is 7.71. The van der Waals surface area contributed by atoms with Crippen molar-refractivity contribution in [2.45, 2.75) is 32.6 Å². The van der Waals surface area contributed by atoms with Crippen molar-refractivity contribution in [3.63, 3.8) is 0 Å². The van der Waals surface area contributed by atoms with Crippen LogP contribution in [0.5, 0.6) is 11.5 Å². The minimum Gasteiger partial charge on any atom is -0.493 e. The van der Waals surface area contributed by atoms with Gasteiger partial charge in [0.15, 0.2) is 17.3 Å². The van der Waals surface area contributed by atoms with E-state index in [0.717, 1.165) is 5.56 Å². The van der Waals surface area contributed by atoms with E-state index < -0.39 is 5.92 Å². The molecule has 0 unspecified atom stereocenters. The second-order valence-corrected chi connectivity index (χ2v) is 7.71. The minimum absolute atomic E-state index is 0.0255. The van der Waals surface area contributed by atoms with Crippen molar-refractivity contribution in [1.82, 2.24) is 0 Å². The van der Waals surface area contributed by atoms with Gasteiger partial charge in [0.25, 0.3) is 0 Å². The Labute approximate surface area is 164 Å². The molecule has 146 valence electrons. The molecule has 2 N–H and O–H groups in total. The quantitative estimate of drug-likeness (QED) is 0.783. The van der Waals surface area contributed by atoms with Crippen molar-refractivity contribution in [3.05, 3.63) is 59.2 Å². The summed E-state index contributed by atoms with van der Waals surface area (Å²) >= 11 is 0. The third-order valence-electron chi connectivity index (χ3n) is 4.95. The molecule has 6 nitrogen and oxygen atoms in total. The van der Waals surface area contributed by atoms with Gasteiger partial charge in [0, 0.05) is 18.4 Å². The number of nitrogens with zero attached hydrogens (tertiary/aromatic N) is 1. The van der Waals surface area contributed by atoms with Gasteiger partial charge in [-0.3, -0.25) is 4.79 Å². The molecule has 0 fully saturated rings. The van der Waals surface area contributed by atoms with Gasteiger partial charge >= 0.3 is 0 Å². The molecule has 0 saturated heterocycles. The Morgan fingerprint density at radius 2 is 2.14 bits per heavy atom. The highest BCUT2D eigenvalue weighted by Gasteiger charge is 2.43. The first kappa shape index (κ1) is 19.6. The Bertz CT molecular complexity index is 934. The molecule has 0 amide bonds. The maximum absolute atomic E-state index is 13.0. The van der Waals surface area contributed by atoms with Crippen LogP contribution in [0.2, 0.25) is 0 Å². The van der Waals surface area contributed by atoms with E-state index in [1.165, 1.54) is 7.11 Å². The van der Waals surface area contributed by atoms with Crippen molar-refractivity contribution in [2.75, 3.05) is 13.7 Å². The molecule has 0 saturated carbocycles. The fourth-order valence-electron chi connectivity index (χ4n) is 3.75. The molecule has 1 aliphatic heterocycles. The molecule has 1 aromatic carbocycles. The number of nitriles is 1. The van der Waals surface area contributed by atoms with Gasteiger partial charge in [0.1, 0.15) is 24.0 Å². The summed E-state index contributed by atoms with van der Waals surface area (Å²) in [5.41, 5.74) is 7.29. The third-order valence-corrected chi connectivity index (χ3v) is 4.95. The Morgan fingerprint density at radius 3 is 2.79 bits per heavy atom. The fraction of sp³-hybridized carbons (Fsp3) is 0.364. The number of methoxy groups -OCH3 is 1. The Hall–Kier alpha value is -3.20. The standard InChI is InChI=1S/C22H24N2O4/c1-5-8-27-16-7-6-13(9-17(16)26-4)19-14(12-23)21(24)28-18-11-22(2,3)10-15(25)20(18)19/h5-7,9,19H,1,8,10-11,24H2,2-4H3/t19-/m0/s1. The Morgan fingerprint density at radius 1 is 1.39 bits per heavy atom. The molecular formula is C22H24N2O4. The molecule has 1 atom stereocenters. The normalized spacial score (nSPS) is 20.8. The average molecular weight is 380 g/mol. The number of hydrogen-bond donors (Lipinski definition) is 1. The van der Waals surface area contributed by atoms with Crippen molar-refractivity contribution >= 4 is 5.78 Å². The predicted octanol–water partition coefficient (Wildman–Crippen LogP) is 3.71. The van der Waals surface area contributed by atoms with Gasteiger partial charge in [0.05, 0.1) is 13.0 Å². The lowest BCUT2D eigenvalue weighted by atomic mass is 9.70. The van der Waals surface area contributed by atoms with Crippen LogP contribution in [0.15, 0.2) is 53.6 Å². The van der Waals surface area contributed by atoms with Crippen molar-refractivity contribution < 1.29 is 19.0 Å². The van der Waals surface area contributed by atoms with Crippen LogP contribution in [-0.2, 0) is 9.53 Å². The first-order chi connectivity index (χ1) is 13.3. The van der Waals surface area contributed by atoms with E-state index in [-0.39, 0.29) is 22.7 Å². The van der Waals surface area contributed by atoms with Crippen molar-refractivity contribution in [1.29, 1.82) is 5.26 Å². The smallest absolute Gasteiger partial charge is 0.205 e. The van der Waals surface area contributed by atoms with Gasteiger partial charge in [-0.25, -0.2) is 0 Å². The Balaban J connectivity index is 2.12. The molecule has 0 spiro atoms. The van der Waals surface area contributed by atoms with Crippen molar-refractivity contribution in [2.24, 2.45) is 11.1 Å². The predicted molar refractivity (Wildman–Crippen MR) is 104 cm³/mol. The van der Waals surface area contributed by atoms with Crippen LogP contribution < -0.4 is 15.2 Å². The number of carbonyl (C=O) groups is 1. The molecule has 28 heavy (non-hydrogen) atoms. The first-order valence-corrected chi connectivity index (χ1v) is 9.06. The van der Waals surface area contributed by atoms with Crippen LogP contribution in [0.4, 0.5) is 0 Å². The zero-order chi connectivity index (χ0) is 20.5. The van der Waals surface area contributed by atoms with Gasteiger partial charge in [-0.1, -0.05) is 32.6 Å². The highest BCUT2D eigenvalue weighted by molar-refractivity contribution is 6.00. The largest absolute Gasteiger partial charge is 0.493 e. The lowest BCUT2D eigenvalue weighted by molar-refractivity contribution is -0.119. The van der Waals surface area contributed by atoms with Crippen LogP contribution >= 0.6 is 0 Å². The maximum Gasteiger partial charge on any atom is 0.205 e. The van der Waals surface area contributed by atoms with Crippen LogP contribution in [0.1, 0.15) is 38.2 Å². The van der Waals surface area contributed by atoms with E-state index in [1.54, 1.807) is 18.2 Å². The number of Topliss-reactive ketones (excluding diaryl/α,β-unsaturated/α-hetero) is 1. The average Bonchev–Trinajstić information content (AvgIpc) is 2.64. The second kappa shape index (κ2) is 7.43. The zero-order valence-electron chi connectivity index (χ0n) is 16.4. The highest BCUT2D eigenvalue weighted by Crippen LogP contribution is 2.48. The Kier molecular flexibility index (Phi) is 5.19. The number of nitrogens with two attached hydrogens (primary N) is 1. The van der Waals surface area contributed by atoms with E-state index in [4.69, 9.17) is 19.9 Å². The summed E-state index contributed by atoms with van der Waals surface area (Å²) in [5, 5.41) is 9.70.